The second-order valence-electron chi connectivity index (χ2n) is 5.13. The van der Waals surface area contributed by atoms with Gasteiger partial charge in [0, 0.05) is 13.2 Å². The van der Waals surface area contributed by atoms with Crippen LogP contribution in [0.2, 0.25) is 0 Å². The second kappa shape index (κ2) is 3.98. The fourth-order valence-corrected chi connectivity index (χ4v) is 3.25. The van der Waals surface area contributed by atoms with Crippen LogP contribution in [-0.2, 0) is 14.3 Å². The van der Waals surface area contributed by atoms with Crippen molar-refractivity contribution in [3.05, 3.63) is 0 Å². The first kappa shape index (κ1) is 11.0. The van der Waals surface area contributed by atoms with Crippen LogP contribution < -0.4 is 0 Å². The number of rotatable bonds is 1. The molecule has 3 aliphatic rings. The van der Waals surface area contributed by atoms with E-state index >= 15 is 0 Å². The summed E-state index contributed by atoms with van der Waals surface area (Å²) in [5.74, 6) is 0.240. The Balaban J connectivity index is 1.87. The molecule has 5 nitrogen and oxygen atoms in total. The fraction of sp³-hybridized carbons (Fsp3) is 0.833. The van der Waals surface area contributed by atoms with E-state index < -0.39 is 0 Å². The SMILES string of the molecule is CC1C(=O)N2CCCC2C(=O)N1C1CCOC1. The highest BCUT2D eigenvalue weighted by atomic mass is 16.5. The summed E-state index contributed by atoms with van der Waals surface area (Å²) in [6.07, 6.45) is 2.63. The molecule has 0 aromatic carbocycles. The summed E-state index contributed by atoms with van der Waals surface area (Å²) in [5.41, 5.74) is 0. The minimum Gasteiger partial charge on any atom is -0.379 e. The minimum atomic E-state index is -0.316. The van der Waals surface area contributed by atoms with Crippen molar-refractivity contribution in [1.29, 1.82) is 0 Å². The molecule has 2 amide bonds. The van der Waals surface area contributed by atoms with Crippen LogP contribution in [0.3, 0.4) is 0 Å². The highest BCUT2D eigenvalue weighted by molar-refractivity contribution is 5.97. The average Bonchev–Trinajstić information content (AvgIpc) is 2.97. The van der Waals surface area contributed by atoms with E-state index in [0.29, 0.717) is 13.2 Å². The van der Waals surface area contributed by atoms with Gasteiger partial charge in [-0.1, -0.05) is 0 Å². The zero-order valence-corrected chi connectivity index (χ0v) is 10.1. The number of carbonyl (C=O) groups excluding carboxylic acids is 2. The highest BCUT2D eigenvalue weighted by Crippen LogP contribution is 2.29. The lowest BCUT2D eigenvalue weighted by Crippen LogP contribution is -2.64. The summed E-state index contributed by atoms with van der Waals surface area (Å²) < 4.78 is 5.33. The van der Waals surface area contributed by atoms with Gasteiger partial charge >= 0.3 is 0 Å². The molecule has 0 saturated carbocycles. The van der Waals surface area contributed by atoms with Gasteiger partial charge in [-0.3, -0.25) is 9.59 Å². The molecule has 5 heteroatoms. The fourth-order valence-electron chi connectivity index (χ4n) is 3.25. The number of nitrogens with zero attached hydrogens (tertiary/aromatic N) is 2. The number of hydrogen-bond acceptors (Lipinski definition) is 3. The predicted octanol–water partition coefficient (Wildman–Crippen LogP) is -0.00300. The Hall–Kier alpha value is -1.10. The summed E-state index contributed by atoms with van der Waals surface area (Å²) in [7, 11) is 0. The Labute approximate surface area is 101 Å². The van der Waals surface area contributed by atoms with E-state index in [1.54, 1.807) is 9.80 Å². The molecule has 0 N–H and O–H groups in total. The van der Waals surface area contributed by atoms with Crippen molar-refractivity contribution in [2.75, 3.05) is 19.8 Å². The maximum Gasteiger partial charge on any atom is 0.246 e. The lowest BCUT2D eigenvalue weighted by atomic mass is 10.0. The van der Waals surface area contributed by atoms with E-state index in [1.165, 1.54) is 0 Å². The number of carbonyl (C=O) groups is 2. The second-order valence-corrected chi connectivity index (χ2v) is 5.13. The van der Waals surface area contributed by atoms with Crippen LogP contribution in [-0.4, -0.2) is 59.5 Å². The quantitative estimate of drug-likeness (QED) is 0.646. The molecule has 3 atom stereocenters. The van der Waals surface area contributed by atoms with Crippen LogP contribution in [0.1, 0.15) is 26.2 Å². The molecule has 0 radical (unpaired) electrons. The molecule has 0 bridgehead atoms. The number of hydrogen-bond donors (Lipinski definition) is 0. The van der Waals surface area contributed by atoms with E-state index in [-0.39, 0.29) is 29.9 Å². The third kappa shape index (κ3) is 1.56. The molecule has 3 rings (SSSR count). The zero-order chi connectivity index (χ0) is 12.0. The Bertz CT molecular complexity index is 352. The lowest BCUT2D eigenvalue weighted by Gasteiger charge is -2.43. The van der Waals surface area contributed by atoms with Crippen molar-refractivity contribution in [3.63, 3.8) is 0 Å². The highest BCUT2D eigenvalue weighted by Gasteiger charge is 2.48. The van der Waals surface area contributed by atoms with Gasteiger partial charge in [-0.05, 0) is 26.2 Å². The molecule has 94 valence electrons. The monoisotopic (exact) mass is 238 g/mol. The van der Waals surface area contributed by atoms with Crippen LogP contribution in [0.5, 0.6) is 0 Å². The summed E-state index contributed by atoms with van der Waals surface area (Å²) in [6, 6.07) is -0.410. The van der Waals surface area contributed by atoms with Crippen molar-refractivity contribution in [3.8, 4) is 0 Å². The Morgan fingerprint density at radius 2 is 2.06 bits per heavy atom. The molecule has 0 aromatic heterocycles. The Kier molecular flexibility index (Phi) is 2.58. The molecule has 0 spiro atoms. The summed E-state index contributed by atoms with van der Waals surface area (Å²) in [6.45, 7) is 3.86. The van der Waals surface area contributed by atoms with Gasteiger partial charge in [0.2, 0.25) is 11.8 Å². The van der Waals surface area contributed by atoms with Crippen molar-refractivity contribution in [2.45, 2.75) is 44.3 Å². The molecule has 3 saturated heterocycles. The molecular weight excluding hydrogens is 220 g/mol. The van der Waals surface area contributed by atoms with E-state index in [9.17, 15) is 9.59 Å². The van der Waals surface area contributed by atoms with E-state index in [1.807, 2.05) is 6.92 Å². The molecule has 3 fully saturated rings. The maximum atomic E-state index is 12.4. The Morgan fingerprint density at radius 1 is 1.24 bits per heavy atom. The summed E-state index contributed by atoms with van der Waals surface area (Å²) in [5, 5.41) is 0. The third-order valence-electron chi connectivity index (χ3n) is 4.15. The van der Waals surface area contributed by atoms with Crippen molar-refractivity contribution in [2.24, 2.45) is 0 Å². The van der Waals surface area contributed by atoms with Crippen molar-refractivity contribution in [1.82, 2.24) is 9.80 Å². The first-order chi connectivity index (χ1) is 8.20. The van der Waals surface area contributed by atoms with Crippen LogP contribution in [0.4, 0.5) is 0 Å². The van der Waals surface area contributed by atoms with Crippen LogP contribution >= 0.6 is 0 Å². The smallest absolute Gasteiger partial charge is 0.246 e. The first-order valence-corrected chi connectivity index (χ1v) is 6.40. The molecule has 17 heavy (non-hydrogen) atoms. The number of ether oxygens (including phenoxy) is 1. The minimum absolute atomic E-state index is 0.101. The van der Waals surface area contributed by atoms with Gasteiger partial charge < -0.3 is 14.5 Å². The number of piperazine rings is 1. The van der Waals surface area contributed by atoms with Gasteiger partial charge in [0.15, 0.2) is 0 Å². The van der Waals surface area contributed by atoms with Gasteiger partial charge in [-0.15, -0.1) is 0 Å². The average molecular weight is 238 g/mol. The molecule has 3 unspecified atom stereocenters. The molecular formula is C12H18N2O3. The standard InChI is InChI=1S/C12H18N2O3/c1-8-11(15)13-5-2-3-10(13)12(16)14(8)9-4-6-17-7-9/h8-10H,2-7H2,1H3. The topological polar surface area (TPSA) is 49.9 Å². The van der Waals surface area contributed by atoms with E-state index in [2.05, 4.69) is 0 Å². The lowest BCUT2D eigenvalue weighted by molar-refractivity contribution is -0.161. The zero-order valence-electron chi connectivity index (χ0n) is 10.1. The molecule has 3 aliphatic heterocycles. The normalized spacial score (nSPS) is 37.8. The first-order valence-electron chi connectivity index (χ1n) is 6.40. The van der Waals surface area contributed by atoms with Crippen LogP contribution in [0.25, 0.3) is 0 Å². The van der Waals surface area contributed by atoms with Crippen LogP contribution in [0.15, 0.2) is 0 Å². The number of fused-ring (bicyclic) bond motifs is 1. The van der Waals surface area contributed by atoms with Crippen LogP contribution in [0, 0.1) is 0 Å². The van der Waals surface area contributed by atoms with Crippen molar-refractivity contribution < 1.29 is 14.3 Å². The van der Waals surface area contributed by atoms with Gasteiger partial charge in [-0.2, -0.15) is 0 Å². The third-order valence-corrected chi connectivity index (χ3v) is 4.15. The Morgan fingerprint density at radius 3 is 2.76 bits per heavy atom. The summed E-state index contributed by atoms with van der Waals surface area (Å²) in [4.78, 5) is 28.2. The molecule has 0 aromatic rings. The largest absolute Gasteiger partial charge is 0.379 e. The predicted molar refractivity (Wildman–Crippen MR) is 60.3 cm³/mol. The maximum absolute atomic E-state index is 12.4. The molecule has 3 heterocycles. The van der Waals surface area contributed by atoms with Gasteiger partial charge in [0.05, 0.1) is 12.6 Å². The number of amides is 2. The van der Waals surface area contributed by atoms with E-state index in [0.717, 1.165) is 25.8 Å². The van der Waals surface area contributed by atoms with Crippen molar-refractivity contribution >= 4 is 11.8 Å². The van der Waals surface area contributed by atoms with Gasteiger partial charge in [-0.25, -0.2) is 0 Å². The van der Waals surface area contributed by atoms with E-state index in [4.69, 9.17) is 4.74 Å². The summed E-state index contributed by atoms with van der Waals surface area (Å²) >= 11 is 0. The van der Waals surface area contributed by atoms with Gasteiger partial charge in [0.25, 0.3) is 0 Å². The molecule has 0 aliphatic carbocycles. The van der Waals surface area contributed by atoms with Gasteiger partial charge in [0.1, 0.15) is 12.1 Å².